The van der Waals surface area contributed by atoms with E-state index in [1.54, 1.807) is 31.3 Å². The summed E-state index contributed by atoms with van der Waals surface area (Å²) in [6.07, 6.45) is 0. The van der Waals surface area contributed by atoms with Crippen molar-refractivity contribution in [3.63, 3.8) is 0 Å². The van der Waals surface area contributed by atoms with E-state index in [0.717, 1.165) is 5.69 Å². The average molecular weight is 163 g/mol. The third-order valence-electron chi connectivity index (χ3n) is 1.34. The van der Waals surface area contributed by atoms with Crippen molar-refractivity contribution < 1.29 is 4.79 Å². The van der Waals surface area contributed by atoms with Gasteiger partial charge in [0.2, 0.25) is 5.91 Å². The maximum Gasteiger partial charge on any atom is 0.238 e. The molecule has 0 unspecified atom stereocenters. The molecule has 0 aliphatic rings. The van der Waals surface area contributed by atoms with E-state index >= 15 is 0 Å². The molecule has 1 rings (SSSR count). The summed E-state index contributed by atoms with van der Waals surface area (Å²) in [5.41, 5.74) is 0.800. The summed E-state index contributed by atoms with van der Waals surface area (Å²) < 4.78 is 0. The minimum atomic E-state index is -0.0382. The highest BCUT2D eigenvalue weighted by Gasteiger charge is 1.97. The predicted molar refractivity (Wildman–Crippen MR) is 47.8 cm³/mol. The van der Waals surface area contributed by atoms with E-state index in [2.05, 4.69) is 16.7 Å². The number of nitrogens with one attached hydrogen (secondary N) is 2. The quantitative estimate of drug-likeness (QED) is 0.686. The summed E-state index contributed by atoms with van der Waals surface area (Å²) in [5, 5.41) is 5.49. The normalized spacial score (nSPS) is 9.42. The van der Waals surface area contributed by atoms with Gasteiger partial charge in [0.05, 0.1) is 6.54 Å². The molecule has 1 amide bonds. The topological polar surface area (TPSA) is 41.1 Å². The Labute approximate surface area is 71.8 Å². The first-order chi connectivity index (χ1) is 5.83. The number of hydrogen-bond acceptors (Lipinski definition) is 2. The van der Waals surface area contributed by atoms with Crippen molar-refractivity contribution in [2.45, 2.75) is 0 Å². The second-order valence-electron chi connectivity index (χ2n) is 2.37. The van der Waals surface area contributed by atoms with Gasteiger partial charge in [-0.1, -0.05) is 12.1 Å². The SMILES string of the molecule is CNCC(=O)Nc1cc[c]cc1. The third kappa shape index (κ3) is 2.72. The molecule has 0 aliphatic heterocycles. The molecule has 63 valence electrons. The van der Waals surface area contributed by atoms with E-state index in [9.17, 15) is 4.79 Å². The van der Waals surface area contributed by atoms with Crippen LogP contribution in [0.1, 0.15) is 0 Å². The van der Waals surface area contributed by atoms with Crippen LogP contribution in [0.25, 0.3) is 0 Å². The van der Waals surface area contributed by atoms with Gasteiger partial charge < -0.3 is 10.6 Å². The fraction of sp³-hybridized carbons (Fsp3) is 0.222. The molecule has 0 fully saturated rings. The van der Waals surface area contributed by atoms with Crippen LogP contribution in [-0.2, 0) is 4.79 Å². The lowest BCUT2D eigenvalue weighted by atomic mass is 10.3. The first-order valence-electron chi connectivity index (χ1n) is 3.73. The molecule has 1 aromatic rings. The molecule has 0 aliphatic carbocycles. The van der Waals surface area contributed by atoms with E-state index in [1.165, 1.54) is 0 Å². The number of hydrogen-bond donors (Lipinski definition) is 2. The number of amides is 1. The van der Waals surface area contributed by atoms with Gasteiger partial charge in [-0.25, -0.2) is 0 Å². The van der Waals surface area contributed by atoms with Crippen molar-refractivity contribution in [1.29, 1.82) is 0 Å². The molecule has 1 aromatic carbocycles. The molecule has 0 spiro atoms. The van der Waals surface area contributed by atoms with E-state index in [0.29, 0.717) is 6.54 Å². The molecule has 0 saturated heterocycles. The molecule has 0 atom stereocenters. The van der Waals surface area contributed by atoms with E-state index in [-0.39, 0.29) is 5.91 Å². The Balaban J connectivity index is 2.47. The van der Waals surface area contributed by atoms with Gasteiger partial charge in [-0.3, -0.25) is 4.79 Å². The van der Waals surface area contributed by atoms with Crippen LogP contribution in [-0.4, -0.2) is 19.5 Å². The first kappa shape index (κ1) is 8.74. The second kappa shape index (κ2) is 4.51. The summed E-state index contributed by atoms with van der Waals surface area (Å²) in [5.74, 6) is -0.0382. The number of likely N-dealkylation sites (N-methyl/N-ethyl adjacent to an activating group) is 1. The van der Waals surface area contributed by atoms with Gasteiger partial charge in [0.25, 0.3) is 0 Å². The summed E-state index contributed by atoms with van der Waals surface area (Å²) in [4.78, 5) is 11.0. The molecule has 3 heteroatoms. The zero-order valence-electron chi connectivity index (χ0n) is 6.92. The second-order valence-corrected chi connectivity index (χ2v) is 2.37. The van der Waals surface area contributed by atoms with E-state index in [4.69, 9.17) is 0 Å². The minimum absolute atomic E-state index is 0.0382. The molecular weight excluding hydrogens is 152 g/mol. The minimum Gasteiger partial charge on any atom is -0.325 e. The number of anilines is 1. The fourth-order valence-corrected chi connectivity index (χ4v) is 0.836. The number of carbonyl (C=O) groups excluding carboxylic acids is 1. The van der Waals surface area contributed by atoms with Crippen molar-refractivity contribution in [2.75, 3.05) is 18.9 Å². The molecule has 12 heavy (non-hydrogen) atoms. The predicted octanol–water partition coefficient (Wildman–Crippen LogP) is 0.645. The Bertz CT molecular complexity index is 246. The molecule has 1 radical (unpaired) electrons. The number of benzene rings is 1. The summed E-state index contributed by atoms with van der Waals surface area (Å²) >= 11 is 0. The molecule has 2 N–H and O–H groups in total. The van der Waals surface area contributed by atoms with Crippen LogP contribution in [0.5, 0.6) is 0 Å². The van der Waals surface area contributed by atoms with Crippen molar-refractivity contribution in [3.05, 3.63) is 30.3 Å². The van der Waals surface area contributed by atoms with E-state index < -0.39 is 0 Å². The highest BCUT2D eigenvalue weighted by Crippen LogP contribution is 2.03. The standard InChI is InChI=1S/C9H11N2O/c1-10-7-9(12)11-8-5-3-2-4-6-8/h3-6,10H,7H2,1H3,(H,11,12). The van der Waals surface area contributed by atoms with Gasteiger partial charge in [0.15, 0.2) is 0 Å². The van der Waals surface area contributed by atoms with Crippen molar-refractivity contribution in [3.8, 4) is 0 Å². The lowest BCUT2D eigenvalue weighted by molar-refractivity contribution is -0.115. The van der Waals surface area contributed by atoms with Gasteiger partial charge in [-0.05, 0) is 25.2 Å². The van der Waals surface area contributed by atoms with Gasteiger partial charge in [0.1, 0.15) is 0 Å². The van der Waals surface area contributed by atoms with Crippen LogP contribution < -0.4 is 10.6 Å². The maximum absolute atomic E-state index is 11.0. The van der Waals surface area contributed by atoms with Crippen molar-refractivity contribution in [2.24, 2.45) is 0 Å². The van der Waals surface area contributed by atoms with E-state index in [1.807, 2.05) is 0 Å². The molecule has 0 heterocycles. The van der Waals surface area contributed by atoms with Crippen molar-refractivity contribution in [1.82, 2.24) is 5.32 Å². The third-order valence-corrected chi connectivity index (χ3v) is 1.34. The Morgan fingerprint density at radius 1 is 1.50 bits per heavy atom. The van der Waals surface area contributed by atoms with Crippen LogP contribution in [0.15, 0.2) is 24.3 Å². The first-order valence-corrected chi connectivity index (χ1v) is 3.73. The van der Waals surface area contributed by atoms with Gasteiger partial charge in [0, 0.05) is 5.69 Å². The van der Waals surface area contributed by atoms with Crippen LogP contribution in [0, 0.1) is 6.07 Å². The van der Waals surface area contributed by atoms with Gasteiger partial charge >= 0.3 is 0 Å². The van der Waals surface area contributed by atoms with Crippen LogP contribution in [0.2, 0.25) is 0 Å². The Morgan fingerprint density at radius 2 is 2.17 bits per heavy atom. The number of carbonyl (C=O) groups is 1. The Hall–Kier alpha value is -1.35. The molecule has 0 saturated carbocycles. The summed E-state index contributed by atoms with van der Waals surface area (Å²) in [7, 11) is 1.73. The average Bonchev–Trinajstić information content (AvgIpc) is 2.06. The zero-order chi connectivity index (χ0) is 8.81. The van der Waals surface area contributed by atoms with Crippen LogP contribution in [0.4, 0.5) is 5.69 Å². The Kier molecular flexibility index (Phi) is 3.29. The Morgan fingerprint density at radius 3 is 2.75 bits per heavy atom. The van der Waals surface area contributed by atoms with Crippen molar-refractivity contribution >= 4 is 11.6 Å². The maximum atomic E-state index is 11.0. The zero-order valence-corrected chi connectivity index (χ0v) is 6.92. The summed E-state index contributed by atoms with van der Waals surface area (Å²) in [6.45, 7) is 0.332. The monoisotopic (exact) mass is 163 g/mol. The molecular formula is C9H11N2O. The largest absolute Gasteiger partial charge is 0.325 e. The molecule has 0 bridgehead atoms. The number of rotatable bonds is 3. The lowest BCUT2D eigenvalue weighted by Gasteiger charge is -2.02. The smallest absolute Gasteiger partial charge is 0.238 e. The highest BCUT2D eigenvalue weighted by molar-refractivity contribution is 5.92. The lowest BCUT2D eigenvalue weighted by Crippen LogP contribution is -2.24. The highest BCUT2D eigenvalue weighted by atomic mass is 16.1. The summed E-state index contributed by atoms with van der Waals surface area (Å²) in [6, 6.07) is 9.99. The van der Waals surface area contributed by atoms with Crippen LogP contribution >= 0.6 is 0 Å². The van der Waals surface area contributed by atoms with Crippen LogP contribution in [0.3, 0.4) is 0 Å². The van der Waals surface area contributed by atoms with Gasteiger partial charge in [-0.2, -0.15) is 0 Å². The molecule has 3 nitrogen and oxygen atoms in total. The fourth-order valence-electron chi connectivity index (χ4n) is 0.836. The molecule has 0 aromatic heterocycles. The van der Waals surface area contributed by atoms with Gasteiger partial charge in [-0.15, -0.1) is 0 Å².